The van der Waals surface area contributed by atoms with Gasteiger partial charge in [-0.05, 0) is 37.1 Å². The highest BCUT2D eigenvalue weighted by Gasteiger charge is 2.31. The lowest BCUT2D eigenvalue weighted by Gasteiger charge is -2.25. The van der Waals surface area contributed by atoms with E-state index in [1.54, 1.807) is 17.5 Å². The number of hydrogen-bond donors (Lipinski definition) is 2. The van der Waals surface area contributed by atoms with Gasteiger partial charge in [0.1, 0.15) is 6.07 Å². The molecule has 12 heteroatoms. The molecule has 4 aromatic rings. The minimum Gasteiger partial charge on any atom is -0.381 e. The van der Waals surface area contributed by atoms with Gasteiger partial charge in [0.25, 0.3) is 0 Å². The van der Waals surface area contributed by atoms with E-state index in [1.807, 2.05) is 28.9 Å². The molecule has 2 bridgehead atoms. The van der Waals surface area contributed by atoms with Gasteiger partial charge in [-0.1, -0.05) is 11.3 Å². The summed E-state index contributed by atoms with van der Waals surface area (Å²) in [5.41, 5.74) is 4.92. The molecule has 2 N–H and O–H groups in total. The molecule has 2 atom stereocenters. The zero-order valence-corrected chi connectivity index (χ0v) is 21.5. The lowest BCUT2D eigenvalue weighted by atomic mass is 10.1. The van der Waals surface area contributed by atoms with Crippen molar-refractivity contribution in [3.63, 3.8) is 0 Å². The Balaban J connectivity index is 1.24. The summed E-state index contributed by atoms with van der Waals surface area (Å²) < 4.78 is 13.3. The van der Waals surface area contributed by atoms with Crippen molar-refractivity contribution in [2.24, 2.45) is 0 Å². The molecule has 2 unspecified atom stereocenters. The van der Waals surface area contributed by atoms with Gasteiger partial charge < -0.3 is 25.0 Å². The van der Waals surface area contributed by atoms with E-state index in [0.717, 1.165) is 90.6 Å². The molecular formula is C26H27N9O2S. The molecule has 4 saturated heterocycles. The summed E-state index contributed by atoms with van der Waals surface area (Å²) in [6.45, 7) is 4.77. The average molecular weight is 530 g/mol. The summed E-state index contributed by atoms with van der Waals surface area (Å²) in [4.78, 5) is 7.10. The molecule has 0 aromatic carbocycles. The Kier molecular flexibility index (Phi) is 6.13. The molecule has 4 aliphatic heterocycles. The fourth-order valence-corrected chi connectivity index (χ4v) is 6.19. The number of morpholine rings is 1. The molecule has 4 aromatic heterocycles. The molecule has 11 nitrogen and oxygen atoms in total. The van der Waals surface area contributed by atoms with Crippen LogP contribution in [0.15, 0.2) is 36.7 Å². The SMILES string of the molecule is N#Cc1cnn2c(-c3cc(NC4CCOCC4)c(-c4nnc(N5CC6COC(CN6)C5)s4)cn3)ccc2c1. The highest BCUT2D eigenvalue weighted by Crippen LogP contribution is 2.37. The van der Waals surface area contributed by atoms with Crippen LogP contribution < -0.4 is 15.5 Å². The van der Waals surface area contributed by atoms with Gasteiger partial charge in [0.05, 0.1) is 46.9 Å². The number of anilines is 2. The molecule has 194 valence electrons. The fraction of sp³-hybridized carbons (Fsp3) is 0.423. The van der Waals surface area contributed by atoms with Crippen molar-refractivity contribution in [2.45, 2.75) is 31.0 Å². The van der Waals surface area contributed by atoms with E-state index in [2.05, 4.69) is 43.0 Å². The van der Waals surface area contributed by atoms with E-state index >= 15 is 0 Å². The number of hydrogen-bond acceptors (Lipinski definition) is 11. The Hall–Kier alpha value is -3.63. The smallest absolute Gasteiger partial charge is 0.208 e. The van der Waals surface area contributed by atoms with E-state index in [4.69, 9.17) is 14.5 Å². The normalized spacial score (nSPS) is 21.9. The third-order valence-electron chi connectivity index (χ3n) is 7.32. The topological polar surface area (TPSA) is 126 Å². The van der Waals surface area contributed by atoms with Crippen LogP contribution in [0.4, 0.5) is 10.8 Å². The second-order valence-electron chi connectivity index (χ2n) is 9.91. The lowest BCUT2D eigenvalue weighted by molar-refractivity contribution is 0.0259. The van der Waals surface area contributed by atoms with Crippen LogP contribution in [-0.4, -0.2) is 82.4 Å². The van der Waals surface area contributed by atoms with Crippen molar-refractivity contribution >= 4 is 27.7 Å². The van der Waals surface area contributed by atoms with E-state index in [1.165, 1.54) is 0 Å². The highest BCUT2D eigenvalue weighted by molar-refractivity contribution is 7.18. The zero-order chi connectivity index (χ0) is 25.5. The Morgan fingerprint density at radius 1 is 1.13 bits per heavy atom. The molecule has 38 heavy (non-hydrogen) atoms. The van der Waals surface area contributed by atoms with Gasteiger partial charge >= 0.3 is 0 Å². The minimum absolute atomic E-state index is 0.169. The number of nitrogens with one attached hydrogen (secondary N) is 2. The predicted molar refractivity (Wildman–Crippen MR) is 143 cm³/mol. The number of rotatable bonds is 5. The molecule has 4 fully saturated rings. The quantitative estimate of drug-likeness (QED) is 0.398. The van der Waals surface area contributed by atoms with Crippen molar-refractivity contribution in [3.05, 3.63) is 42.2 Å². The summed E-state index contributed by atoms with van der Waals surface area (Å²) in [7, 11) is 0. The van der Waals surface area contributed by atoms with Gasteiger partial charge in [-0.2, -0.15) is 10.4 Å². The van der Waals surface area contributed by atoms with Crippen LogP contribution in [0.5, 0.6) is 0 Å². The van der Waals surface area contributed by atoms with E-state index in [-0.39, 0.29) is 6.10 Å². The first-order valence-corrected chi connectivity index (χ1v) is 13.7. The maximum Gasteiger partial charge on any atom is 0.208 e. The summed E-state index contributed by atoms with van der Waals surface area (Å²) in [6.07, 6.45) is 5.50. The fourth-order valence-electron chi connectivity index (χ4n) is 5.30. The van der Waals surface area contributed by atoms with Crippen LogP contribution in [0.2, 0.25) is 0 Å². The third kappa shape index (κ3) is 4.48. The van der Waals surface area contributed by atoms with Gasteiger partial charge in [0.15, 0.2) is 5.01 Å². The highest BCUT2D eigenvalue weighted by atomic mass is 32.1. The molecule has 8 heterocycles. The molecule has 0 aliphatic carbocycles. The lowest BCUT2D eigenvalue weighted by Crippen LogP contribution is -2.45. The van der Waals surface area contributed by atoms with Crippen molar-refractivity contribution < 1.29 is 9.47 Å². The van der Waals surface area contributed by atoms with Gasteiger partial charge in [0, 0.05) is 56.8 Å². The molecule has 0 amide bonds. The van der Waals surface area contributed by atoms with Crippen LogP contribution in [-0.2, 0) is 9.47 Å². The summed E-state index contributed by atoms with van der Waals surface area (Å²) in [5.74, 6) is 0. The average Bonchev–Trinajstić information content (AvgIpc) is 3.51. The van der Waals surface area contributed by atoms with Crippen LogP contribution in [0.25, 0.3) is 27.5 Å². The Morgan fingerprint density at radius 2 is 2.05 bits per heavy atom. The minimum atomic E-state index is 0.169. The van der Waals surface area contributed by atoms with Crippen molar-refractivity contribution in [1.82, 2.24) is 30.1 Å². The largest absolute Gasteiger partial charge is 0.381 e. The first-order chi connectivity index (χ1) is 18.7. The predicted octanol–water partition coefficient (Wildman–Crippen LogP) is 2.55. The van der Waals surface area contributed by atoms with Crippen LogP contribution in [0.3, 0.4) is 0 Å². The van der Waals surface area contributed by atoms with Crippen LogP contribution in [0, 0.1) is 11.3 Å². The van der Waals surface area contributed by atoms with Crippen LogP contribution in [0.1, 0.15) is 18.4 Å². The monoisotopic (exact) mass is 529 g/mol. The van der Waals surface area contributed by atoms with Crippen molar-refractivity contribution in [3.8, 4) is 28.0 Å². The number of nitrogens with zero attached hydrogens (tertiary/aromatic N) is 7. The third-order valence-corrected chi connectivity index (χ3v) is 8.34. The van der Waals surface area contributed by atoms with Crippen LogP contribution >= 0.6 is 11.3 Å². The van der Waals surface area contributed by atoms with Gasteiger partial charge in [0.2, 0.25) is 5.13 Å². The van der Waals surface area contributed by atoms with E-state index in [0.29, 0.717) is 17.6 Å². The summed E-state index contributed by atoms with van der Waals surface area (Å²) in [5, 5.41) is 31.9. The summed E-state index contributed by atoms with van der Waals surface area (Å²) in [6, 6.07) is 10.6. The molecule has 0 radical (unpaired) electrons. The first kappa shape index (κ1) is 23.5. The van der Waals surface area contributed by atoms with Crippen molar-refractivity contribution in [2.75, 3.05) is 49.7 Å². The molecule has 0 spiro atoms. The number of nitriles is 1. The number of fused-ring (bicyclic) bond motifs is 5. The number of pyridine rings is 1. The summed E-state index contributed by atoms with van der Waals surface area (Å²) >= 11 is 1.59. The van der Waals surface area contributed by atoms with Gasteiger partial charge in [-0.25, -0.2) is 4.52 Å². The number of ether oxygens (including phenoxy) is 2. The van der Waals surface area contributed by atoms with Gasteiger partial charge in [-0.3, -0.25) is 4.98 Å². The standard InChI is InChI=1S/C26H27N9O2S/c27-9-16-7-19-1-2-24(35(19)30-10-16)23-8-22(31-17-3-5-36-6-4-17)21(12-29-23)25-32-33-26(38-25)34-13-18-15-37-20(14-34)11-28-18/h1-2,7-8,10,12,17-18,20,28H,3-6,11,13-15H2,(H,29,31). The first-order valence-electron chi connectivity index (χ1n) is 12.9. The second-order valence-corrected chi connectivity index (χ2v) is 10.9. The Bertz CT molecular complexity index is 1480. The molecular weight excluding hydrogens is 502 g/mol. The maximum atomic E-state index is 9.23. The van der Waals surface area contributed by atoms with E-state index < -0.39 is 0 Å². The molecule has 8 rings (SSSR count). The van der Waals surface area contributed by atoms with Crippen molar-refractivity contribution in [1.29, 1.82) is 5.26 Å². The maximum absolute atomic E-state index is 9.23. The molecule has 0 saturated carbocycles. The van der Waals surface area contributed by atoms with Gasteiger partial charge in [-0.15, -0.1) is 10.2 Å². The Labute approximate surface area is 223 Å². The second kappa shape index (κ2) is 9.92. The van der Waals surface area contributed by atoms with E-state index in [9.17, 15) is 5.26 Å². The number of aromatic nitrogens is 5. The molecule has 4 aliphatic rings. The zero-order valence-electron chi connectivity index (χ0n) is 20.7. The Morgan fingerprint density at radius 3 is 2.89 bits per heavy atom.